The van der Waals surface area contributed by atoms with E-state index in [2.05, 4.69) is 4.90 Å². The Hall–Kier alpha value is -0.160. The van der Waals surface area contributed by atoms with Crippen molar-refractivity contribution in [2.24, 2.45) is 5.73 Å². The first-order valence-electron chi connectivity index (χ1n) is 3.91. The van der Waals surface area contributed by atoms with Gasteiger partial charge in [0.25, 0.3) is 0 Å². The molecule has 1 aliphatic heterocycles. The molecule has 2 unspecified atom stereocenters. The molecule has 3 N–H and O–H groups in total. The zero-order valence-electron chi connectivity index (χ0n) is 6.86. The summed E-state index contributed by atoms with van der Waals surface area (Å²) in [6.07, 6.45) is -0.368. The first-order valence-corrected chi connectivity index (χ1v) is 3.91. The molecule has 0 aromatic carbocycles. The average Bonchev–Trinajstić information content (AvgIpc) is 2.32. The van der Waals surface area contributed by atoms with Gasteiger partial charge < -0.3 is 15.6 Å². The van der Waals surface area contributed by atoms with Crippen LogP contribution in [0.2, 0.25) is 0 Å². The molecule has 0 saturated carbocycles. The Balaban J connectivity index is 2.30. The molecule has 2 atom stereocenters. The van der Waals surface area contributed by atoms with Crippen molar-refractivity contribution >= 4 is 0 Å². The van der Waals surface area contributed by atoms with Crippen molar-refractivity contribution in [1.29, 1.82) is 0 Å². The minimum Gasteiger partial charge on any atom is -0.389 e. The Bertz CT molecular complexity index is 121. The lowest BCUT2D eigenvalue weighted by Crippen LogP contribution is -2.28. The molecule has 66 valence electrons. The van der Waals surface area contributed by atoms with E-state index in [9.17, 15) is 5.11 Å². The fourth-order valence-electron chi connectivity index (χ4n) is 1.43. The van der Waals surface area contributed by atoms with Gasteiger partial charge in [-0.05, 0) is 0 Å². The summed E-state index contributed by atoms with van der Waals surface area (Å²) in [7, 11) is 1.62. The van der Waals surface area contributed by atoms with Crippen LogP contribution in [-0.4, -0.2) is 55.5 Å². The molecule has 0 amide bonds. The van der Waals surface area contributed by atoms with Crippen molar-refractivity contribution in [1.82, 2.24) is 4.90 Å². The van der Waals surface area contributed by atoms with Crippen LogP contribution in [0.5, 0.6) is 0 Å². The van der Waals surface area contributed by atoms with E-state index < -0.39 is 0 Å². The summed E-state index contributed by atoms with van der Waals surface area (Å²) in [6, 6.07) is 0. The fraction of sp³-hybridized carbons (Fsp3) is 1.00. The van der Waals surface area contributed by atoms with Gasteiger partial charge in [0.1, 0.15) is 0 Å². The van der Waals surface area contributed by atoms with Crippen molar-refractivity contribution in [2.45, 2.75) is 12.2 Å². The van der Waals surface area contributed by atoms with E-state index in [1.165, 1.54) is 0 Å². The second kappa shape index (κ2) is 4.01. The molecule has 0 spiro atoms. The SMILES string of the molecule is COC1CN(CCN)CC1O. The minimum absolute atomic E-state index is 0.0263. The van der Waals surface area contributed by atoms with E-state index in [4.69, 9.17) is 10.5 Å². The standard InChI is InChI=1S/C7H16N2O2/c1-11-7-5-9(3-2-8)4-6(7)10/h6-7,10H,2-5,8H2,1H3. The summed E-state index contributed by atoms with van der Waals surface area (Å²) in [6.45, 7) is 2.98. The van der Waals surface area contributed by atoms with Crippen LogP contribution in [0.1, 0.15) is 0 Å². The van der Waals surface area contributed by atoms with Gasteiger partial charge in [0.05, 0.1) is 12.2 Å². The molecule has 1 fully saturated rings. The van der Waals surface area contributed by atoms with Crippen molar-refractivity contribution in [3.8, 4) is 0 Å². The predicted octanol–water partition coefficient (Wildman–Crippen LogP) is -1.36. The number of nitrogens with zero attached hydrogens (tertiary/aromatic N) is 1. The minimum atomic E-state index is -0.341. The fourth-order valence-corrected chi connectivity index (χ4v) is 1.43. The van der Waals surface area contributed by atoms with Gasteiger partial charge in [-0.15, -0.1) is 0 Å². The van der Waals surface area contributed by atoms with Gasteiger partial charge in [-0.25, -0.2) is 0 Å². The van der Waals surface area contributed by atoms with Crippen LogP contribution >= 0.6 is 0 Å². The number of methoxy groups -OCH3 is 1. The maximum atomic E-state index is 9.38. The van der Waals surface area contributed by atoms with Crippen LogP contribution in [0.15, 0.2) is 0 Å². The molecule has 0 bridgehead atoms. The van der Waals surface area contributed by atoms with Crippen molar-refractivity contribution in [3.63, 3.8) is 0 Å². The van der Waals surface area contributed by atoms with Crippen LogP contribution < -0.4 is 5.73 Å². The topological polar surface area (TPSA) is 58.7 Å². The van der Waals surface area contributed by atoms with Crippen molar-refractivity contribution < 1.29 is 9.84 Å². The van der Waals surface area contributed by atoms with Gasteiger partial charge >= 0.3 is 0 Å². The summed E-state index contributed by atoms with van der Waals surface area (Å²) < 4.78 is 5.07. The van der Waals surface area contributed by atoms with Gasteiger partial charge in [-0.2, -0.15) is 0 Å². The number of rotatable bonds is 3. The van der Waals surface area contributed by atoms with Crippen molar-refractivity contribution in [2.75, 3.05) is 33.3 Å². The van der Waals surface area contributed by atoms with Gasteiger partial charge in [0, 0.05) is 33.3 Å². The maximum absolute atomic E-state index is 9.38. The molecule has 0 aromatic rings. The number of aliphatic hydroxyl groups excluding tert-OH is 1. The van der Waals surface area contributed by atoms with Crippen LogP contribution in [0.3, 0.4) is 0 Å². The van der Waals surface area contributed by atoms with E-state index in [-0.39, 0.29) is 12.2 Å². The number of β-amino-alcohol motifs (C(OH)–C–C–N with tert-alkyl or cyclic N) is 1. The molecule has 1 aliphatic rings. The zero-order chi connectivity index (χ0) is 8.27. The van der Waals surface area contributed by atoms with Crippen molar-refractivity contribution in [3.05, 3.63) is 0 Å². The number of nitrogens with two attached hydrogens (primary N) is 1. The first kappa shape index (κ1) is 8.93. The van der Waals surface area contributed by atoms with E-state index in [1.54, 1.807) is 7.11 Å². The molecule has 11 heavy (non-hydrogen) atoms. The summed E-state index contributed by atoms with van der Waals surface area (Å²) >= 11 is 0. The van der Waals surface area contributed by atoms with Gasteiger partial charge in [-0.3, -0.25) is 4.90 Å². The van der Waals surface area contributed by atoms with Gasteiger partial charge in [-0.1, -0.05) is 0 Å². The quantitative estimate of drug-likeness (QED) is 0.535. The lowest BCUT2D eigenvalue weighted by Gasteiger charge is -2.12. The largest absolute Gasteiger partial charge is 0.389 e. The first-order chi connectivity index (χ1) is 5.27. The van der Waals surface area contributed by atoms with Crippen LogP contribution in [0, 0.1) is 0 Å². The lowest BCUT2D eigenvalue weighted by atomic mass is 10.3. The highest BCUT2D eigenvalue weighted by atomic mass is 16.5. The highest BCUT2D eigenvalue weighted by Gasteiger charge is 2.30. The molecule has 4 heteroatoms. The third-order valence-electron chi connectivity index (χ3n) is 2.06. The molecule has 0 aliphatic carbocycles. The average molecular weight is 160 g/mol. The molecule has 1 heterocycles. The number of ether oxygens (including phenoxy) is 1. The number of aliphatic hydroxyl groups is 1. The van der Waals surface area contributed by atoms with E-state index in [0.717, 1.165) is 13.1 Å². The second-order valence-corrected chi connectivity index (χ2v) is 2.89. The molecule has 4 nitrogen and oxygen atoms in total. The normalized spacial score (nSPS) is 33.0. The van der Waals surface area contributed by atoms with Crippen LogP contribution in [0.4, 0.5) is 0 Å². The van der Waals surface area contributed by atoms with Gasteiger partial charge in [0.15, 0.2) is 0 Å². The maximum Gasteiger partial charge on any atom is 0.0969 e. The van der Waals surface area contributed by atoms with Crippen LogP contribution in [-0.2, 0) is 4.74 Å². The molecular formula is C7H16N2O2. The molecule has 0 aromatic heterocycles. The van der Waals surface area contributed by atoms with Crippen LogP contribution in [0.25, 0.3) is 0 Å². The third kappa shape index (κ3) is 2.13. The summed E-state index contributed by atoms with van der Waals surface area (Å²) in [4.78, 5) is 2.11. The lowest BCUT2D eigenvalue weighted by molar-refractivity contribution is 0.0215. The van der Waals surface area contributed by atoms with Gasteiger partial charge in [0.2, 0.25) is 0 Å². The Morgan fingerprint density at radius 3 is 2.82 bits per heavy atom. The zero-order valence-corrected chi connectivity index (χ0v) is 6.86. The summed E-state index contributed by atoms with van der Waals surface area (Å²) in [5.41, 5.74) is 5.38. The van der Waals surface area contributed by atoms with E-state index in [0.29, 0.717) is 13.1 Å². The molecule has 0 radical (unpaired) electrons. The highest BCUT2D eigenvalue weighted by Crippen LogP contribution is 2.11. The van der Waals surface area contributed by atoms with E-state index >= 15 is 0 Å². The Morgan fingerprint density at radius 1 is 1.64 bits per heavy atom. The molecular weight excluding hydrogens is 144 g/mol. The number of hydrogen-bond donors (Lipinski definition) is 2. The highest BCUT2D eigenvalue weighted by molar-refractivity contribution is 4.84. The third-order valence-corrected chi connectivity index (χ3v) is 2.06. The summed E-state index contributed by atoms with van der Waals surface area (Å²) in [5, 5.41) is 9.38. The Morgan fingerprint density at radius 2 is 2.36 bits per heavy atom. The number of likely N-dealkylation sites (tertiary alicyclic amines) is 1. The molecule has 1 rings (SSSR count). The number of hydrogen-bond acceptors (Lipinski definition) is 4. The second-order valence-electron chi connectivity index (χ2n) is 2.89. The predicted molar refractivity (Wildman–Crippen MR) is 42.3 cm³/mol. The van der Waals surface area contributed by atoms with E-state index in [1.807, 2.05) is 0 Å². The Labute approximate surface area is 66.9 Å². The Kier molecular flexibility index (Phi) is 3.26. The monoisotopic (exact) mass is 160 g/mol. The molecule has 1 saturated heterocycles. The summed E-state index contributed by atoms with van der Waals surface area (Å²) in [5.74, 6) is 0. The smallest absolute Gasteiger partial charge is 0.0969 e.